The molecule has 0 atom stereocenters. The second-order valence-corrected chi connectivity index (χ2v) is 4.40. The van der Waals surface area contributed by atoms with Gasteiger partial charge in [0.1, 0.15) is 11.5 Å². The molecule has 0 aliphatic carbocycles. The van der Waals surface area contributed by atoms with Crippen molar-refractivity contribution in [3.63, 3.8) is 0 Å². The van der Waals surface area contributed by atoms with Crippen molar-refractivity contribution >= 4 is 5.71 Å². The smallest absolute Gasteiger partial charge is 0.127 e. The van der Waals surface area contributed by atoms with Crippen molar-refractivity contribution in [1.29, 1.82) is 0 Å². The SMILES string of the molecule is C/C(CCc1cccc(Oc2ccccc2)c1)=N\O. The van der Waals surface area contributed by atoms with Crippen molar-refractivity contribution in [2.24, 2.45) is 5.16 Å². The van der Waals surface area contributed by atoms with Crippen molar-refractivity contribution in [2.45, 2.75) is 19.8 Å². The third kappa shape index (κ3) is 4.14. The molecule has 0 radical (unpaired) electrons. The third-order valence-electron chi connectivity index (χ3n) is 2.82. The summed E-state index contributed by atoms with van der Waals surface area (Å²) >= 11 is 0. The Kier molecular flexibility index (Phi) is 4.56. The molecule has 98 valence electrons. The van der Waals surface area contributed by atoms with Gasteiger partial charge in [0.2, 0.25) is 0 Å². The highest BCUT2D eigenvalue weighted by molar-refractivity contribution is 5.81. The zero-order chi connectivity index (χ0) is 13.5. The van der Waals surface area contributed by atoms with Crippen molar-refractivity contribution in [1.82, 2.24) is 0 Å². The monoisotopic (exact) mass is 255 g/mol. The molecule has 19 heavy (non-hydrogen) atoms. The Balaban J connectivity index is 2.03. The molecule has 0 saturated heterocycles. The highest BCUT2D eigenvalue weighted by Gasteiger charge is 2.00. The van der Waals surface area contributed by atoms with E-state index in [4.69, 9.17) is 9.94 Å². The molecule has 0 bridgehead atoms. The van der Waals surface area contributed by atoms with Gasteiger partial charge in [-0.15, -0.1) is 0 Å². The molecular weight excluding hydrogens is 238 g/mol. The molecule has 3 nitrogen and oxygen atoms in total. The Bertz CT molecular complexity index is 550. The molecule has 0 amide bonds. The number of aryl methyl sites for hydroxylation is 1. The van der Waals surface area contributed by atoms with Crippen LogP contribution in [0, 0.1) is 0 Å². The fourth-order valence-electron chi connectivity index (χ4n) is 1.76. The first kappa shape index (κ1) is 13.1. The van der Waals surface area contributed by atoms with E-state index < -0.39 is 0 Å². The zero-order valence-electron chi connectivity index (χ0n) is 10.9. The van der Waals surface area contributed by atoms with E-state index in [1.165, 1.54) is 0 Å². The number of nitrogens with zero attached hydrogens (tertiary/aromatic N) is 1. The van der Waals surface area contributed by atoms with Crippen molar-refractivity contribution in [3.05, 3.63) is 60.2 Å². The molecule has 1 N–H and O–H groups in total. The summed E-state index contributed by atoms with van der Waals surface area (Å²) in [6, 6.07) is 17.7. The molecule has 0 heterocycles. The minimum absolute atomic E-state index is 0.731. The summed E-state index contributed by atoms with van der Waals surface area (Å²) in [5.41, 5.74) is 1.89. The average molecular weight is 255 g/mol. The van der Waals surface area contributed by atoms with E-state index in [9.17, 15) is 0 Å². The predicted molar refractivity (Wildman–Crippen MR) is 76.2 cm³/mol. The summed E-state index contributed by atoms with van der Waals surface area (Å²) in [6.45, 7) is 1.81. The maximum Gasteiger partial charge on any atom is 0.127 e. The highest BCUT2D eigenvalue weighted by atomic mass is 16.5. The van der Waals surface area contributed by atoms with Gasteiger partial charge in [0.25, 0.3) is 0 Å². The largest absolute Gasteiger partial charge is 0.457 e. The molecule has 2 rings (SSSR count). The van der Waals surface area contributed by atoms with Gasteiger partial charge in [-0.05, 0) is 49.6 Å². The van der Waals surface area contributed by atoms with Gasteiger partial charge in [0.15, 0.2) is 0 Å². The molecule has 0 aromatic heterocycles. The number of benzene rings is 2. The van der Waals surface area contributed by atoms with Gasteiger partial charge >= 0.3 is 0 Å². The average Bonchev–Trinajstić information content (AvgIpc) is 2.46. The topological polar surface area (TPSA) is 41.8 Å². The van der Waals surface area contributed by atoms with Crippen LogP contribution in [-0.4, -0.2) is 10.9 Å². The predicted octanol–water partition coefficient (Wildman–Crippen LogP) is 4.26. The summed E-state index contributed by atoms with van der Waals surface area (Å²) in [7, 11) is 0. The molecule has 0 unspecified atom stereocenters. The summed E-state index contributed by atoms with van der Waals surface area (Å²) in [5.74, 6) is 1.65. The molecule has 0 aliphatic heterocycles. The number of para-hydroxylation sites is 1. The lowest BCUT2D eigenvalue weighted by molar-refractivity contribution is 0.317. The van der Waals surface area contributed by atoms with Crippen LogP contribution in [-0.2, 0) is 6.42 Å². The van der Waals surface area contributed by atoms with Gasteiger partial charge in [0, 0.05) is 0 Å². The van der Waals surface area contributed by atoms with Crippen LogP contribution in [0.15, 0.2) is 59.8 Å². The number of hydrogen-bond acceptors (Lipinski definition) is 3. The van der Waals surface area contributed by atoms with Crippen LogP contribution >= 0.6 is 0 Å². The number of oxime groups is 1. The summed E-state index contributed by atoms with van der Waals surface area (Å²) in [4.78, 5) is 0. The van der Waals surface area contributed by atoms with Crippen LogP contribution in [0.25, 0.3) is 0 Å². The Morgan fingerprint density at radius 3 is 2.53 bits per heavy atom. The molecule has 0 fully saturated rings. The van der Waals surface area contributed by atoms with Gasteiger partial charge in [-0.1, -0.05) is 35.5 Å². The Labute approximate surface area is 113 Å². The second kappa shape index (κ2) is 6.59. The van der Waals surface area contributed by atoms with Crippen LogP contribution in [0.4, 0.5) is 0 Å². The first-order valence-corrected chi connectivity index (χ1v) is 6.27. The zero-order valence-corrected chi connectivity index (χ0v) is 10.9. The van der Waals surface area contributed by atoms with E-state index in [0.29, 0.717) is 0 Å². The third-order valence-corrected chi connectivity index (χ3v) is 2.82. The lowest BCUT2D eigenvalue weighted by Crippen LogP contribution is -1.95. The van der Waals surface area contributed by atoms with Crippen LogP contribution in [0.3, 0.4) is 0 Å². The Morgan fingerprint density at radius 1 is 1.05 bits per heavy atom. The van der Waals surface area contributed by atoms with E-state index in [-0.39, 0.29) is 0 Å². The Hall–Kier alpha value is -2.29. The van der Waals surface area contributed by atoms with Gasteiger partial charge in [-0.2, -0.15) is 0 Å². The first-order valence-electron chi connectivity index (χ1n) is 6.27. The molecule has 0 saturated carbocycles. The minimum atomic E-state index is 0.731. The number of rotatable bonds is 5. The van der Waals surface area contributed by atoms with Crippen LogP contribution < -0.4 is 4.74 Å². The standard InChI is InChI=1S/C16H17NO2/c1-13(17-18)10-11-14-6-5-9-16(12-14)19-15-7-3-2-4-8-15/h2-9,12,18H,10-11H2,1H3/b17-13+. The van der Waals surface area contributed by atoms with Gasteiger partial charge in [-0.25, -0.2) is 0 Å². The molecule has 2 aromatic carbocycles. The van der Waals surface area contributed by atoms with Crippen molar-refractivity contribution in [3.8, 4) is 11.5 Å². The maximum atomic E-state index is 8.63. The summed E-state index contributed by atoms with van der Waals surface area (Å²) in [5, 5.41) is 11.8. The molecule has 0 aliphatic rings. The molecule has 2 aromatic rings. The van der Waals surface area contributed by atoms with Gasteiger partial charge in [0.05, 0.1) is 5.71 Å². The lowest BCUT2D eigenvalue weighted by Gasteiger charge is -2.07. The minimum Gasteiger partial charge on any atom is -0.457 e. The van der Waals surface area contributed by atoms with Crippen LogP contribution in [0.5, 0.6) is 11.5 Å². The summed E-state index contributed by atoms with van der Waals surface area (Å²) < 4.78 is 5.77. The lowest BCUT2D eigenvalue weighted by atomic mass is 10.1. The van der Waals surface area contributed by atoms with E-state index in [0.717, 1.165) is 35.6 Å². The maximum absolute atomic E-state index is 8.63. The van der Waals surface area contributed by atoms with Gasteiger partial charge < -0.3 is 9.94 Å². The Morgan fingerprint density at radius 2 is 1.79 bits per heavy atom. The summed E-state index contributed by atoms with van der Waals surface area (Å²) in [6.07, 6.45) is 1.58. The highest BCUT2D eigenvalue weighted by Crippen LogP contribution is 2.22. The molecule has 3 heteroatoms. The van der Waals surface area contributed by atoms with Crippen LogP contribution in [0.2, 0.25) is 0 Å². The van der Waals surface area contributed by atoms with E-state index in [1.54, 1.807) is 0 Å². The van der Waals surface area contributed by atoms with E-state index >= 15 is 0 Å². The van der Waals surface area contributed by atoms with Crippen molar-refractivity contribution < 1.29 is 9.94 Å². The van der Waals surface area contributed by atoms with Crippen molar-refractivity contribution in [2.75, 3.05) is 0 Å². The van der Waals surface area contributed by atoms with Crippen LogP contribution in [0.1, 0.15) is 18.9 Å². The number of hydrogen-bond donors (Lipinski definition) is 1. The fraction of sp³-hybridized carbons (Fsp3) is 0.188. The van der Waals surface area contributed by atoms with E-state index in [2.05, 4.69) is 5.16 Å². The normalized spacial score (nSPS) is 11.3. The first-order chi connectivity index (χ1) is 9.28. The second-order valence-electron chi connectivity index (χ2n) is 4.40. The quantitative estimate of drug-likeness (QED) is 0.492. The fourth-order valence-corrected chi connectivity index (χ4v) is 1.76. The van der Waals surface area contributed by atoms with Gasteiger partial charge in [-0.3, -0.25) is 0 Å². The molecular formula is C16H17NO2. The van der Waals surface area contributed by atoms with E-state index in [1.807, 2.05) is 61.5 Å². The number of ether oxygens (including phenoxy) is 1. The molecule has 0 spiro atoms.